The molecular weight excluding hydrogens is 184 g/mol. The van der Waals surface area contributed by atoms with Gasteiger partial charge in [-0.1, -0.05) is 11.6 Å². The van der Waals surface area contributed by atoms with Crippen LogP contribution >= 0.6 is 22.9 Å². The van der Waals surface area contributed by atoms with Gasteiger partial charge in [0.2, 0.25) is 0 Å². The van der Waals surface area contributed by atoms with E-state index >= 15 is 0 Å². The molecule has 0 saturated carbocycles. The first-order valence-electron chi connectivity index (χ1n) is 2.90. The van der Waals surface area contributed by atoms with Gasteiger partial charge >= 0.3 is 0 Å². The van der Waals surface area contributed by atoms with Gasteiger partial charge in [0.1, 0.15) is 4.83 Å². The quantitative estimate of drug-likeness (QED) is 0.680. The molecule has 0 aliphatic rings. The first-order chi connectivity index (χ1) is 5.27. The number of fused-ring (bicyclic) bond motifs is 1. The van der Waals surface area contributed by atoms with Crippen LogP contribution < -0.4 is 5.56 Å². The third-order valence-corrected chi connectivity index (χ3v) is 2.48. The Morgan fingerprint density at radius 2 is 2.45 bits per heavy atom. The molecule has 3 nitrogen and oxygen atoms in total. The number of rotatable bonds is 0. The summed E-state index contributed by atoms with van der Waals surface area (Å²) in [6, 6.07) is 1.62. The second kappa shape index (κ2) is 2.32. The second-order valence-corrected chi connectivity index (χ2v) is 3.66. The largest absolute Gasteiger partial charge is 0.313 e. The zero-order chi connectivity index (χ0) is 7.84. The molecule has 2 rings (SSSR count). The van der Waals surface area contributed by atoms with Crippen molar-refractivity contribution >= 4 is 33.2 Å². The van der Waals surface area contributed by atoms with E-state index in [9.17, 15) is 4.79 Å². The normalized spacial score (nSPS) is 10.6. The van der Waals surface area contributed by atoms with E-state index in [2.05, 4.69) is 9.97 Å². The molecule has 0 spiro atoms. The first kappa shape index (κ1) is 6.82. The second-order valence-electron chi connectivity index (χ2n) is 2.00. The third-order valence-electron chi connectivity index (χ3n) is 1.30. The Morgan fingerprint density at radius 1 is 1.64 bits per heavy atom. The number of aromatic nitrogens is 2. The lowest BCUT2D eigenvalue weighted by Gasteiger charge is -1.82. The summed E-state index contributed by atoms with van der Waals surface area (Å²) in [4.78, 5) is 18.1. The van der Waals surface area contributed by atoms with E-state index in [-0.39, 0.29) is 5.56 Å². The molecule has 0 fully saturated rings. The van der Waals surface area contributed by atoms with Crippen molar-refractivity contribution in [2.24, 2.45) is 0 Å². The van der Waals surface area contributed by atoms with Gasteiger partial charge in [-0.3, -0.25) is 4.79 Å². The summed E-state index contributed by atoms with van der Waals surface area (Å²) >= 11 is 6.98. The van der Waals surface area contributed by atoms with Crippen LogP contribution in [0.2, 0.25) is 4.34 Å². The van der Waals surface area contributed by atoms with Gasteiger partial charge in [-0.05, 0) is 6.07 Å². The van der Waals surface area contributed by atoms with Crippen LogP contribution in [0.4, 0.5) is 0 Å². The average molecular weight is 187 g/mol. The maximum absolute atomic E-state index is 11.0. The number of H-pyrrole nitrogens is 1. The van der Waals surface area contributed by atoms with Crippen molar-refractivity contribution in [3.05, 3.63) is 27.1 Å². The lowest BCUT2D eigenvalue weighted by Crippen LogP contribution is -2.03. The molecule has 0 amide bonds. The highest BCUT2D eigenvalue weighted by Crippen LogP contribution is 2.24. The maximum Gasteiger partial charge on any atom is 0.259 e. The molecule has 0 saturated heterocycles. The van der Waals surface area contributed by atoms with Crippen molar-refractivity contribution in [2.75, 3.05) is 0 Å². The third kappa shape index (κ3) is 1.04. The fourth-order valence-corrected chi connectivity index (χ4v) is 1.89. The summed E-state index contributed by atoms with van der Waals surface area (Å²) in [6.45, 7) is 0. The average Bonchev–Trinajstić information content (AvgIpc) is 2.31. The fraction of sp³-hybridized carbons (Fsp3) is 0. The molecule has 2 aromatic rings. The Labute approximate surface area is 70.7 Å². The summed E-state index contributed by atoms with van der Waals surface area (Å²) in [7, 11) is 0. The molecule has 0 radical (unpaired) electrons. The van der Waals surface area contributed by atoms with E-state index in [1.54, 1.807) is 6.07 Å². The van der Waals surface area contributed by atoms with Crippen LogP contribution in [-0.2, 0) is 0 Å². The van der Waals surface area contributed by atoms with Gasteiger partial charge in [0.05, 0.1) is 16.0 Å². The van der Waals surface area contributed by atoms with Crippen molar-refractivity contribution in [1.29, 1.82) is 0 Å². The smallest absolute Gasteiger partial charge is 0.259 e. The minimum absolute atomic E-state index is 0.141. The van der Waals surface area contributed by atoms with E-state index in [0.29, 0.717) is 14.6 Å². The summed E-state index contributed by atoms with van der Waals surface area (Å²) in [5, 5.41) is 0.558. The van der Waals surface area contributed by atoms with Gasteiger partial charge < -0.3 is 4.98 Å². The molecule has 5 heteroatoms. The Hall–Kier alpha value is -0.870. The molecule has 0 unspecified atom stereocenters. The molecule has 0 aliphatic carbocycles. The van der Waals surface area contributed by atoms with E-state index in [0.717, 1.165) is 0 Å². The van der Waals surface area contributed by atoms with Crippen LogP contribution in [0.1, 0.15) is 0 Å². The molecule has 0 atom stereocenters. The van der Waals surface area contributed by atoms with Crippen molar-refractivity contribution in [1.82, 2.24) is 9.97 Å². The molecule has 1 N–H and O–H groups in total. The van der Waals surface area contributed by atoms with Crippen LogP contribution in [-0.4, -0.2) is 9.97 Å². The van der Waals surface area contributed by atoms with E-state index < -0.39 is 0 Å². The predicted molar refractivity (Wildman–Crippen MR) is 45.3 cm³/mol. The maximum atomic E-state index is 11.0. The molecule has 11 heavy (non-hydrogen) atoms. The summed E-state index contributed by atoms with van der Waals surface area (Å²) in [5.74, 6) is 0. The lowest BCUT2D eigenvalue weighted by atomic mass is 10.4. The van der Waals surface area contributed by atoms with E-state index in [1.165, 1.54) is 17.7 Å². The standard InChI is InChI=1S/C6H3ClN2OS/c7-4-1-3-5(10)8-2-9-6(3)11-4/h1-2H,(H,8,9,10). The van der Waals surface area contributed by atoms with Crippen LogP contribution in [0.15, 0.2) is 17.2 Å². The number of nitrogens with zero attached hydrogens (tertiary/aromatic N) is 1. The molecule has 2 heterocycles. The van der Waals surface area contributed by atoms with Gasteiger partial charge in [-0.25, -0.2) is 4.98 Å². The molecule has 2 aromatic heterocycles. The van der Waals surface area contributed by atoms with Gasteiger partial charge in [-0.2, -0.15) is 0 Å². The summed E-state index contributed by atoms with van der Waals surface area (Å²) in [6.07, 6.45) is 1.37. The van der Waals surface area contributed by atoms with Crippen molar-refractivity contribution in [3.8, 4) is 0 Å². The van der Waals surface area contributed by atoms with Crippen molar-refractivity contribution in [3.63, 3.8) is 0 Å². The van der Waals surface area contributed by atoms with E-state index in [1.807, 2.05) is 0 Å². The molecule has 0 aromatic carbocycles. The highest BCUT2D eigenvalue weighted by Gasteiger charge is 2.02. The Balaban J connectivity index is 3.02. The van der Waals surface area contributed by atoms with Crippen molar-refractivity contribution in [2.45, 2.75) is 0 Å². The summed E-state index contributed by atoms with van der Waals surface area (Å²) < 4.78 is 0.587. The zero-order valence-corrected chi connectivity index (χ0v) is 6.87. The molecular formula is C6H3ClN2OS. The Bertz CT molecular complexity index is 447. The zero-order valence-electron chi connectivity index (χ0n) is 5.30. The van der Waals surface area contributed by atoms with Gasteiger partial charge in [0.25, 0.3) is 5.56 Å². The summed E-state index contributed by atoms with van der Waals surface area (Å²) in [5.41, 5.74) is -0.141. The minimum atomic E-state index is -0.141. The van der Waals surface area contributed by atoms with Gasteiger partial charge in [0.15, 0.2) is 0 Å². The molecule has 56 valence electrons. The number of nitrogens with one attached hydrogen (secondary N) is 1. The topological polar surface area (TPSA) is 45.8 Å². The minimum Gasteiger partial charge on any atom is -0.313 e. The number of hydrogen-bond donors (Lipinski definition) is 1. The van der Waals surface area contributed by atoms with Gasteiger partial charge in [-0.15, -0.1) is 11.3 Å². The Morgan fingerprint density at radius 3 is 3.18 bits per heavy atom. The number of aromatic amines is 1. The highest BCUT2D eigenvalue weighted by atomic mass is 35.5. The van der Waals surface area contributed by atoms with Gasteiger partial charge in [0, 0.05) is 0 Å². The van der Waals surface area contributed by atoms with Crippen LogP contribution in [0.25, 0.3) is 10.2 Å². The lowest BCUT2D eigenvalue weighted by molar-refractivity contribution is 1.18. The number of halogens is 1. The fourth-order valence-electron chi connectivity index (χ4n) is 0.838. The van der Waals surface area contributed by atoms with Crippen molar-refractivity contribution < 1.29 is 0 Å². The van der Waals surface area contributed by atoms with E-state index in [4.69, 9.17) is 11.6 Å². The Kier molecular flexibility index (Phi) is 1.44. The van der Waals surface area contributed by atoms with Crippen LogP contribution in [0.3, 0.4) is 0 Å². The van der Waals surface area contributed by atoms with Crippen LogP contribution in [0, 0.1) is 0 Å². The highest BCUT2D eigenvalue weighted by molar-refractivity contribution is 7.22. The monoisotopic (exact) mass is 186 g/mol. The SMILES string of the molecule is O=c1[nH]cnc2sc(Cl)cc12. The van der Waals surface area contributed by atoms with Crippen LogP contribution in [0.5, 0.6) is 0 Å². The first-order valence-corrected chi connectivity index (χ1v) is 4.09. The molecule has 0 bridgehead atoms. The number of thiophene rings is 1. The molecule has 0 aliphatic heterocycles. The number of hydrogen-bond acceptors (Lipinski definition) is 3. The predicted octanol–water partition coefficient (Wildman–Crippen LogP) is 1.64.